The topological polar surface area (TPSA) is 110 Å². The van der Waals surface area contributed by atoms with E-state index in [1.165, 1.54) is 0 Å². The highest BCUT2D eigenvalue weighted by Crippen LogP contribution is 2.36. The number of ether oxygens (including phenoxy) is 1. The molecule has 176 valence electrons. The van der Waals surface area contributed by atoms with Gasteiger partial charge in [0.25, 0.3) is 11.8 Å². The fraction of sp³-hybridized carbons (Fsp3) is 0.696. The number of allylic oxidation sites excluding steroid dienone is 1. The van der Waals surface area contributed by atoms with Gasteiger partial charge in [-0.15, -0.1) is 5.06 Å². The van der Waals surface area contributed by atoms with Crippen LogP contribution >= 0.6 is 0 Å². The van der Waals surface area contributed by atoms with E-state index in [1.54, 1.807) is 4.90 Å². The summed E-state index contributed by atoms with van der Waals surface area (Å²) in [5.41, 5.74) is 0.0574. The molecule has 3 heterocycles. The average molecular weight is 449 g/mol. The Bertz CT molecular complexity index is 811. The maximum absolute atomic E-state index is 12.9. The molecule has 2 fully saturated rings. The number of nitrogens with zero attached hydrogens (tertiary/aromatic N) is 2. The number of amides is 3. The lowest BCUT2D eigenvalue weighted by Crippen LogP contribution is -2.45. The molecule has 0 aromatic carbocycles. The third kappa shape index (κ3) is 5.75. The zero-order chi connectivity index (χ0) is 23.5. The van der Waals surface area contributed by atoms with Crippen molar-refractivity contribution in [3.8, 4) is 0 Å². The first kappa shape index (κ1) is 23.9. The van der Waals surface area contributed by atoms with E-state index in [-0.39, 0.29) is 49.6 Å². The van der Waals surface area contributed by atoms with Gasteiger partial charge in [0, 0.05) is 37.3 Å². The zero-order valence-corrected chi connectivity index (χ0v) is 19.1. The summed E-state index contributed by atoms with van der Waals surface area (Å²) in [6.07, 6.45) is 5.96. The lowest BCUT2D eigenvalue weighted by Gasteiger charge is -2.32. The highest BCUT2D eigenvalue weighted by molar-refractivity contribution is 6.01. The van der Waals surface area contributed by atoms with E-state index in [1.807, 2.05) is 26.8 Å². The first-order valence-corrected chi connectivity index (χ1v) is 11.4. The number of carbonyl (C=O) groups is 5. The molecule has 9 heteroatoms. The number of ketones is 1. The van der Waals surface area contributed by atoms with Crippen LogP contribution in [0.15, 0.2) is 11.6 Å². The molecule has 3 aliphatic rings. The quantitative estimate of drug-likeness (QED) is 0.434. The molecule has 1 unspecified atom stereocenters. The van der Waals surface area contributed by atoms with Gasteiger partial charge in [-0.1, -0.05) is 6.08 Å². The fourth-order valence-electron chi connectivity index (χ4n) is 4.43. The molecular formula is C23H32N2O7. The van der Waals surface area contributed by atoms with Crippen molar-refractivity contribution in [1.82, 2.24) is 9.96 Å². The second kappa shape index (κ2) is 9.83. The number of fused-ring (bicyclic) bond motifs is 2. The van der Waals surface area contributed by atoms with Crippen molar-refractivity contribution in [3.63, 3.8) is 0 Å². The summed E-state index contributed by atoms with van der Waals surface area (Å²) in [4.78, 5) is 67.2. The average Bonchev–Trinajstić information content (AvgIpc) is 3.17. The molecule has 3 amide bonds. The Kier molecular flexibility index (Phi) is 7.36. The molecule has 0 aromatic heterocycles. The second-order valence-corrected chi connectivity index (χ2v) is 9.55. The van der Waals surface area contributed by atoms with Crippen LogP contribution in [-0.4, -0.2) is 57.3 Å². The number of unbranched alkanes of at least 4 members (excludes halogenated alkanes) is 1. The monoisotopic (exact) mass is 448 g/mol. The largest absolute Gasteiger partial charge is 0.444 e. The molecule has 0 aromatic rings. The minimum atomic E-state index is -0.663. The van der Waals surface area contributed by atoms with Crippen LogP contribution < -0.4 is 0 Å². The number of hydrogen-bond acceptors (Lipinski definition) is 7. The molecule has 0 saturated carbocycles. The van der Waals surface area contributed by atoms with E-state index in [2.05, 4.69) is 0 Å². The normalized spacial score (nSPS) is 23.2. The van der Waals surface area contributed by atoms with Gasteiger partial charge in [-0.3, -0.25) is 19.3 Å². The molecule has 9 nitrogen and oxygen atoms in total. The molecule has 0 aliphatic carbocycles. The number of rotatable bonds is 7. The Morgan fingerprint density at radius 2 is 1.66 bits per heavy atom. The summed E-state index contributed by atoms with van der Waals surface area (Å²) in [6, 6.07) is -0.177. The summed E-state index contributed by atoms with van der Waals surface area (Å²) < 4.78 is 5.58. The minimum Gasteiger partial charge on any atom is -0.444 e. The lowest BCUT2D eigenvalue weighted by molar-refractivity contribution is -0.197. The van der Waals surface area contributed by atoms with Crippen molar-refractivity contribution in [1.29, 1.82) is 0 Å². The molecule has 2 saturated heterocycles. The first-order valence-electron chi connectivity index (χ1n) is 11.4. The van der Waals surface area contributed by atoms with Crippen molar-refractivity contribution in [2.75, 3.05) is 0 Å². The predicted octanol–water partition coefficient (Wildman–Crippen LogP) is 3.21. The molecule has 2 atom stereocenters. The molecule has 3 aliphatic heterocycles. The fourth-order valence-corrected chi connectivity index (χ4v) is 4.43. The number of carbonyl (C=O) groups excluding carboxylic acids is 5. The van der Waals surface area contributed by atoms with Crippen molar-refractivity contribution in [3.05, 3.63) is 11.6 Å². The lowest BCUT2D eigenvalue weighted by atomic mass is 9.94. The van der Waals surface area contributed by atoms with Crippen LogP contribution in [0.25, 0.3) is 0 Å². The van der Waals surface area contributed by atoms with Crippen LogP contribution in [0.2, 0.25) is 0 Å². The summed E-state index contributed by atoms with van der Waals surface area (Å²) in [7, 11) is 0. The van der Waals surface area contributed by atoms with E-state index in [9.17, 15) is 24.0 Å². The molecule has 2 bridgehead atoms. The summed E-state index contributed by atoms with van der Waals surface area (Å²) in [5, 5.41) is 0.533. The van der Waals surface area contributed by atoms with Crippen molar-refractivity contribution < 1.29 is 33.5 Å². The Morgan fingerprint density at radius 3 is 2.31 bits per heavy atom. The maximum Gasteiger partial charge on any atom is 0.411 e. The smallest absolute Gasteiger partial charge is 0.411 e. The number of hydrogen-bond donors (Lipinski definition) is 0. The van der Waals surface area contributed by atoms with Crippen LogP contribution in [0, 0.1) is 0 Å². The molecule has 0 spiro atoms. The number of Topliss-reactive ketones (excluding diaryl/α,β-unsaturated/α-hetero) is 1. The van der Waals surface area contributed by atoms with Crippen LogP contribution in [0.1, 0.15) is 85.0 Å². The Labute approximate surface area is 188 Å². The minimum absolute atomic E-state index is 0.0128. The predicted molar refractivity (Wildman–Crippen MR) is 113 cm³/mol. The SMILES string of the molecule is CC(C)(C)OC(=O)N1C2CC[C@@H]1CCC=C2C(=O)CCCCC(=O)ON1C(=O)CCC1=O. The van der Waals surface area contributed by atoms with E-state index in [0.29, 0.717) is 23.5 Å². The summed E-state index contributed by atoms with van der Waals surface area (Å²) in [5.74, 6) is -1.71. The Balaban J connectivity index is 1.49. The molecule has 3 rings (SSSR count). The first-order chi connectivity index (χ1) is 15.1. The zero-order valence-electron chi connectivity index (χ0n) is 19.1. The van der Waals surface area contributed by atoms with Gasteiger partial charge in [-0.25, -0.2) is 9.59 Å². The Morgan fingerprint density at radius 1 is 1.00 bits per heavy atom. The second-order valence-electron chi connectivity index (χ2n) is 9.55. The van der Waals surface area contributed by atoms with Gasteiger partial charge in [0.1, 0.15) is 5.60 Å². The van der Waals surface area contributed by atoms with Crippen LogP contribution in [-0.2, 0) is 28.8 Å². The molecule has 0 radical (unpaired) electrons. The highest BCUT2D eigenvalue weighted by Gasteiger charge is 2.43. The Hall–Kier alpha value is -2.71. The van der Waals surface area contributed by atoms with Gasteiger partial charge >= 0.3 is 12.1 Å². The van der Waals surface area contributed by atoms with Crippen LogP contribution in [0.5, 0.6) is 0 Å². The third-order valence-corrected chi connectivity index (χ3v) is 5.89. The van der Waals surface area contributed by atoms with Gasteiger partial charge in [-0.05, 0) is 59.3 Å². The van der Waals surface area contributed by atoms with Crippen molar-refractivity contribution in [2.24, 2.45) is 0 Å². The van der Waals surface area contributed by atoms with Gasteiger partial charge in [0.2, 0.25) is 0 Å². The molecule has 32 heavy (non-hydrogen) atoms. The van der Waals surface area contributed by atoms with E-state index < -0.39 is 23.4 Å². The summed E-state index contributed by atoms with van der Waals surface area (Å²) in [6.45, 7) is 5.48. The van der Waals surface area contributed by atoms with Gasteiger partial charge in [0.15, 0.2) is 5.78 Å². The van der Waals surface area contributed by atoms with Crippen molar-refractivity contribution in [2.45, 2.75) is 103 Å². The maximum atomic E-state index is 12.9. The third-order valence-electron chi connectivity index (χ3n) is 5.89. The van der Waals surface area contributed by atoms with E-state index in [4.69, 9.17) is 9.57 Å². The molecule has 0 N–H and O–H groups in total. The summed E-state index contributed by atoms with van der Waals surface area (Å²) >= 11 is 0. The van der Waals surface area contributed by atoms with E-state index in [0.717, 1.165) is 25.7 Å². The highest BCUT2D eigenvalue weighted by atomic mass is 16.7. The number of imide groups is 1. The molecular weight excluding hydrogens is 416 g/mol. The van der Waals surface area contributed by atoms with Crippen molar-refractivity contribution >= 4 is 29.7 Å². The van der Waals surface area contributed by atoms with Crippen LogP contribution in [0.3, 0.4) is 0 Å². The van der Waals surface area contributed by atoms with Gasteiger partial charge < -0.3 is 9.57 Å². The standard InChI is InChI=1S/C23H32N2O7/c1-23(2,3)31-22(30)24-15-7-6-8-16(17(24)12-11-15)18(26)9-4-5-10-21(29)32-25-19(27)13-14-20(25)28/h8,15,17H,4-7,9-14H2,1-3H3/t15-,17?/m0/s1. The number of hydroxylamine groups is 2. The van der Waals surface area contributed by atoms with E-state index >= 15 is 0 Å². The van der Waals surface area contributed by atoms with Gasteiger partial charge in [-0.2, -0.15) is 0 Å². The van der Waals surface area contributed by atoms with Crippen LogP contribution in [0.4, 0.5) is 4.79 Å². The van der Waals surface area contributed by atoms with Gasteiger partial charge in [0.05, 0.1) is 6.04 Å².